The molecule has 1 N–H and O–H groups in total. The lowest BCUT2D eigenvalue weighted by Crippen LogP contribution is -2.40. The highest BCUT2D eigenvalue weighted by atomic mass is 32.1. The third-order valence-corrected chi connectivity index (χ3v) is 4.49. The summed E-state index contributed by atoms with van der Waals surface area (Å²) in [6.45, 7) is 13.1. The number of aryl methyl sites for hydroxylation is 1. The molecule has 110 valence electrons. The molecule has 20 heavy (non-hydrogen) atoms. The molecule has 4 heteroatoms. The van der Waals surface area contributed by atoms with Crippen molar-refractivity contribution in [2.24, 2.45) is 0 Å². The number of hydrogen-bond donors (Lipinski definition) is 1. The largest absolute Gasteiger partial charge is 0.360 e. The Bertz CT molecular complexity index is 552. The molecule has 2 rings (SSSR count). The maximum Gasteiger partial charge on any atom is 0.183 e. The first-order valence-corrected chi connectivity index (χ1v) is 8.16. The fourth-order valence-corrected chi connectivity index (χ4v) is 3.50. The van der Waals surface area contributed by atoms with E-state index in [0.717, 1.165) is 23.7 Å². The lowest BCUT2D eigenvalue weighted by molar-refractivity contribution is 0.182. The molecule has 0 radical (unpaired) electrons. The Morgan fingerprint density at radius 1 is 1.20 bits per heavy atom. The number of rotatable bonds is 6. The molecule has 0 bridgehead atoms. The van der Waals surface area contributed by atoms with Crippen LogP contribution in [0.2, 0.25) is 0 Å². The predicted octanol–water partition coefficient (Wildman–Crippen LogP) is 4.14. The van der Waals surface area contributed by atoms with Crippen LogP contribution in [0, 0.1) is 6.92 Å². The van der Waals surface area contributed by atoms with E-state index in [9.17, 15) is 0 Å². The first kappa shape index (κ1) is 15.3. The van der Waals surface area contributed by atoms with Gasteiger partial charge in [0.2, 0.25) is 0 Å². The van der Waals surface area contributed by atoms with Crippen molar-refractivity contribution in [2.75, 3.05) is 18.4 Å². The Balaban J connectivity index is 1.95. The topological polar surface area (TPSA) is 28.2 Å². The minimum absolute atomic E-state index is 0.579. The summed E-state index contributed by atoms with van der Waals surface area (Å²) >= 11 is 1.74. The zero-order chi connectivity index (χ0) is 14.7. The normalized spacial score (nSPS) is 12.0. The van der Waals surface area contributed by atoms with Crippen molar-refractivity contribution >= 4 is 26.7 Å². The van der Waals surface area contributed by atoms with Gasteiger partial charge in [0.1, 0.15) is 0 Å². The third-order valence-electron chi connectivity index (χ3n) is 3.52. The molecular formula is C16H25N3S. The Morgan fingerprint density at radius 3 is 2.55 bits per heavy atom. The van der Waals surface area contributed by atoms with Gasteiger partial charge in [-0.3, -0.25) is 4.90 Å². The second-order valence-electron chi connectivity index (χ2n) is 5.84. The van der Waals surface area contributed by atoms with Gasteiger partial charge < -0.3 is 5.32 Å². The van der Waals surface area contributed by atoms with Gasteiger partial charge in [-0.2, -0.15) is 0 Å². The van der Waals surface area contributed by atoms with Gasteiger partial charge in [-0.15, -0.1) is 0 Å². The second-order valence-corrected chi connectivity index (χ2v) is 6.87. The number of nitrogens with zero attached hydrogens (tertiary/aromatic N) is 2. The van der Waals surface area contributed by atoms with Crippen molar-refractivity contribution in [3.63, 3.8) is 0 Å². The van der Waals surface area contributed by atoms with Crippen LogP contribution >= 0.6 is 11.3 Å². The minimum atomic E-state index is 0.579. The van der Waals surface area contributed by atoms with Gasteiger partial charge in [0.15, 0.2) is 5.13 Å². The van der Waals surface area contributed by atoms with E-state index in [-0.39, 0.29) is 0 Å². The van der Waals surface area contributed by atoms with Crippen LogP contribution in [-0.4, -0.2) is 35.1 Å². The summed E-state index contributed by atoms with van der Waals surface area (Å²) in [7, 11) is 0. The minimum Gasteiger partial charge on any atom is -0.360 e. The van der Waals surface area contributed by atoms with Crippen LogP contribution in [0.5, 0.6) is 0 Å². The van der Waals surface area contributed by atoms with Crippen LogP contribution in [0.1, 0.15) is 33.3 Å². The molecule has 0 aliphatic rings. The lowest BCUT2D eigenvalue weighted by Gasteiger charge is -2.30. The SMILES string of the molecule is Cc1ccc2nc(NCCN(C(C)C)C(C)C)sc2c1. The molecule has 0 amide bonds. The smallest absolute Gasteiger partial charge is 0.183 e. The molecular weight excluding hydrogens is 266 g/mol. The number of thiazole rings is 1. The van der Waals surface area contributed by atoms with Gasteiger partial charge in [0, 0.05) is 25.2 Å². The molecule has 0 saturated heterocycles. The van der Waals surface area contributed by atoms with E-state index in [0.29, 0.717) is 12.1 Å². The number of anilines is 1. The van der Waals surface area contributed by atoms with Crippen LogP contribution in [-0.2, 0) is 0 Å². The molecule has 0 unspecified atom stereocenters. The molecule has 1 aromatic heterocycles. The summed E-state index contributed by atoms with van der Waals surface area (Å²) in [6, 6.07) is 7.57. The average Bonchev–Trinajstić information content (AvgIpc) is 2.75. The standard InChI is InChI=1S/C16H25N3S/c1-11(2)19(12(3)4)9-8-17-16-18-14-7-6-13(5)10-15(14)20-16/h6-7,10-12H,8-9H2,1-5H3,(H,17,18). The second kappa shape index (κ2) is 6.55. The molecule has 0 aliphatic heterocycles. The first-order valence-electron chi connectivity index (χ1n) is 7.34. The van der Waals surface area contributed by atoms with Crippen LogP contribution in [0.3, 0.4) is 0 Å². The van der Waals surface area contributed by atoms with Crippen LogP contribution < -0.4 is 5.32 Å². The van der Waals surface area contributed by atoms with Crippen LogP contribution in [0.15, 0.2) is 18.2 Å². The fourth-order valence-electron chi connectivity index (χ4n) is 2.51. The predicted molar refractivity (Wildman–Crippen MR) is 89.8 cm³/mol. The zero-order valence-electron chi connectivity index (χ0n) is 13.1. The van der Waals surface area contributed by atoms with E-state index < -0.39 is 0 Å². The molecule has 0 atom stereocenters. The molecule has 1 heterocycles. The first-order chi connectivity index (χ1) is 9.47. The third kappa shape index (κ3) is 3.70. The Labute approximate surface area is 126 Å². The van der Waals surface area contributed by atoms with Crippen LogP contribution in [0.25, 0.3) is 10.2 Å². The lowest BCUT2D eigenvalue weighted by atomic mass is 10.2. The van der Waals surface area contributed by atoms with Crippen LogP contribution in [0.4, 0.5) is 5.13 Å². The van der Waals surface area contributed by atoms with Gasteiger partial charge in [-0.25, -0.2) is 4.98 Å². The van der Waals surface area contributed by atoms with E-state index in [1.54, 1.807) is 11.3 Å². The molecule has 0 saturated carbocycles. The molecule has 0 fully saturated rings. The quantitative estimate of drug-likeness (QED) is 0.867. The van der Waals surface area contributed by atoms with Gasteiger partial charge in [-0.05, 0) is 52.3 Å². The van der Waals surface area contributed by atoms with Crippen molar-refractivity contribution in [1.29, 1.82) is 0 Å². The van der Waals surface area contributed by atoms with Crippen molar-refractivity contribution in [3.8, 4) is 0 Å². The molecule has 0 aliphatic carbocycles. The molecule has 3 nitrogen and oxygen atoms in total. The van der Waals surface area contributed by atoms with Crippen molar-refractivity contribution < 1.29 is 0 Å². The van der Waals surface area contributed by atoms with Crippen molar-refractivity contribution in [1.82, 2.24) is 9.88 Å². The highest BCUT2D eigenvalue weighted by Gasteiger charge is 2.12. The summed E-state index contributed by atoms with van der Waals surface area (Å²) in [5.41, 5.74) is 2.38. The fraction of sp³-hybridized carbons (Fsp3) is 0.562. The monoisotopic (exact) mass is 291 g/mol. The van der Waals surface area contributed by atoms with Crippen molar-refractivity contribution in [3.05, 3.63) is 23.8 Å². The highest BCUT2D eigenvalue weighted by molar-refractivity contribution is 7.22. The summed E-state index contributed by atoms with van der Waals surface area (Å²) in [5.74, 6) is 0. The van der Waals surface area contributed by atoms with Gasteiger partial charge >= 0.3 is 0 Å². The molecule has 1 aromatic carbocycles. The van der Waals surface area contributed by atoms with Gasteiger partial charge in [-0.1, -0.05) is 17.4 Å². The number of benzene rings is 1. The number of nitrogens with one attached hydrogen (secondary N) is 1. The highest BCUT2D eigenvalue weighted by Crippen LogP contribution is 2.26. The van der Waals surface area contributed by atoms with E-state index >= 15 is 0 Å². The molecule has 2 aromatic rings. The number of hydrogen-bond acceptors (Lipinski definition) is 4. The number of aromatic nitrogens is 1. The summed E-state index contributed by atoms with van der Waals surface area (Å²) < 4.78 is 1.26. The maximum absolute atomic E-state index is 4.63. The van der Waals surface area contributed by atoms with Gasteiger partial charge in [0.25, 0.3) is 0 Å². The summed E-state index contributed by atoms with van der Waals surface area (Å²) in [6.07, 6.45) is 0. The Kier molecular flexibility index (Phi) is 5.00. The van der Waals surface area contributed by atoms with Crippen molar-refractivity contribution in [2.45, 2.75) is 46.7 Å². The van der Waals surface area contributed by atoms with E-state index in [2.05, 4.69) is 68.0 Å². The zero-order valence-corrected chi connectivity index (χ0v) is 13.9. The van der Waals surface area contributed by atoms with Gasteiger partial charge in [0.05, 0.1) is 10.2 Å². The maximum atomic E-state index is 4.63. The van der Waals surface area contributed by atoms with E-state index in [1.807, 2.05) is 0 Å². The Hall–Kier alpha value is -1.13. The van der Waals surface area contributed by atoms with E-state index in [1.165, 1.54) is 10.3 Å². The summed E-state index contributed by atoms with van der Waals surface area (Å²) in [5, 5.41) is 4.49. The number of fused-ring (bicyclic) bond motifs is 1. The average molecular weight is 291 g/mol. The van der Waals surface area contributed by atoms with E-state index in [4.69, 9.17) is 0 Å². The molecule has 0 spiro atoms. The summed E-state index contributed by atoms with van der Waals surface area (Å²) in [4.78, 5) is 7.12. The Morgan fingerprint density at radius 2 is 1.90 bits per heavy atom.